The van der Waals surface area contributed by atoms with E-state index in [-0.39, 0.29) is 5.91 Å². The van der Waals surface area contributed by atoms with E-state index in [1.165, 1.54) is 0 Å². The van der Waals surface area contributed by atoms with Crippen molar-refractivity contribution in [3.63, 3.8) is 0 Å². The lowest BCUT2D eigenvalue weighted by Gasteiger charge is -2.29. The molecule has 0 aliphatic carbocycles. The van der Waals surface area contributed by atoms with Gasteiger partial charge in [-0.25, -0.2) is 0 Å². The molecular formula is C15H19N3O. The van der Waals surface area contributed by atoms with E-state index in [1.54, 1.807) is 0 Å². The normalized spacial score (nSPS) is 17.0. The fraction of sp³-hybridized carbons (Fsp3) is 0.400. The first kappa shape index (κ1) is 12.1. The number of piperidine rings is 1. The van der Waals surface area contributed by atoms with Crippen LogP contribution in [0.5, 0.6) is 0 Å². The number of carbonyl (C=O) groups excluding carboxylic acids is 1. The minimum Gasteiger partial charge on any atom is -0.399 e. The number of rotatable bonds is 1. The van der Waals surface area contributed by atoms with Crippen molar-refractivity contribution in [2.75, 3.05) is 18.8 Å². The number of hydrogen-bond donors (Lipinski definition) is 2. The first-order valence-corrected chi connectivity index (χ1v) is 6.81. The van der Waals surface area contributed by atoms with Crippen LogP contribution in [0, 0.1) is 5.92 Å². The van der Waals surface area contributed by atoms with Crippen molar-refractivity contribution in [2.45, 2.75) is 19.8 Å². The van der Waals surface area contributed by atoms with Crippen LogP contribution in [0.25, 0.3) is 10.9 Å². The number of aromatic amines is 1. The zero-order valence-corrected chi connectivity index (χ0v) is 11.1. The first-order valence-electron chi connectivity index (χ1n) is 6.81. The summed E-state index contributed by atoms with van der Waals surface area (Å²) in [5, 5.41) is 0.994. The lowest BCUT2D eigenvalue weighted by Crippen LogP contribution is -2.38. The highest BCUT2D eigenvalue weighted by atomic mass is 16.2. The molecule has 4 nitrogen and oxygen atoms in total. The molecule has 2 aromatic rings. The lowest BCUT2D eigenvalue weighted by atomic mass is 9.99. The molecule has 1 aromatic carbocycles. The van der Waals surface area contributed by atoms with E-state index in [0.717, 1.165) is 48.4 Å². The minimum atomic E-state index is 0.0988. The number of nitrogens with zero attached hydrogens (tertiary/aromatic N) is 1. The second kappa shape index (κ2) is 4.61. The number of likely N-dealkylation sites (tertiary alicyclic amines) is 1. The fourth-order valence-electron chi connectivity index (χ4n) is 2.65. The molecular weight excluding hydrogens is 238 g/mol. The van der Waals surface area contributed by atoms with Crippen LogP contribution in [0.15, 0.2) is 24.3 Å². The van der Waals surface area contributed by atoms with Crippen molar-refractivity contribution in [2.24, 2.45) is 5.92 Å². The summed E-state index contributed by atoms with van der Waals surface area (Å²) in [6, 6.07) is 7.54. The molecule has 0 radical (unpaired) electrons. The number of carbonyl (C=O) groups is 1. The average molecular weight is 257 g/mol. The van der Waals surface area contributed by atoms with Gasteiger partial charge in [-0.15, -0.1) is 0 Å². The average Bonchev–Trinajstić information content (AvgIpc) is 2.81. The molecule has 2 heterocycles. The third-order valence-electron chi connectivity index (χ3n) is 3.95. The molecule has 19 heavy (non-hydrogen) atoms. The Bertz CT molecular complexity index is 609. The van der Waals surface area contributed by atoms with Crippen molar-refractivity contribution in [3.05, 3.63) is 30.0 Å². The summed E-state index contributed by atoms with van der Waals surface area (Å²) in [5.74, 6) is 0.827. The maximum atomic E-state index is 12.4. The second-order valence-electron chi connectivity index (χ2n) is 5.50. The number of nitrogen functional groups attached to an aromatic ring is 1. The van der Waals surface area contributed by atoms with Crippen LogP contribution in [0.2, 0.25) is 0 Å². The number of aromatic nitrogens is 1. The minimum absolute atomic E-state index is 0.0988. The molecule has 1 amide bonds. The van der Waals surface area contributed by atoms with E-state index in [1.807, 2.05) is 29.2 Å². The third-order valence-corrected chi connectivity index (χ3v) is 3.95. The number of benzene rings is 1. The number of nitrogens with one attached hydrogen (secondary N) is 1. The number of H-pyrrole nitrogens is 1. The second-order valence-corrected chi connectivity index (χ2v) is 5.50. The summed E-state index contributed by atoms with van der Waals surface area (Å²) in [6.07, 6.45) is 2.19. The van der Waals surface area contributed by atoms with Gasteiger partial charge >= 0.3 is 0 Å². The molecule has 0 spiro atoms. The SMILES string of the molecule is CC1CCN(C(=O)c2cc3cc(N)ccc3[nH]2)CC1. The van der Waals surface area contributed by atoms with Gasteiger partial charge in [-0.05, 0) is 43.0 Å². The summed E-state index contributed by atoms with van der Waals surface area (Å²) in [5.41, 5.74) is 8.10. The van der Waals surface area contributed by atoms with Crippen molar-refractivity contribution in [3.8, 4) is 0 Å². The Labute approximate surface area is 112 Å². The molecule has 4 heteroatoms. The molecule has 1 saturated heterocycles. The van der Waals surface area contributed by atoms with Crippen LogP contribution in [-0.2, 0) is 0 Å². The van der Waals surface area contributed by atoms with Crippen LogP contribution in [0.3, 0.4) is 0 Å². The van der Waals surface area contributed by atoms with E-state index in [4.69, 9.17) is 5.73 Å². The van der Waals surface area contributed by atoms with Crippen LogP contribution in [0.4, 0.5) is 5.69 Å². The Kier molecular flexibility index (Phi) is 2.93. The van der Waals surface area contributed by atoms with Gasteiger partial charge in [0.25, 0.3) is 5.91 Å². The summed E-state index contributed by atoms with van der Waals surface area (Å²) in [7, 11) is 0. The van der Waals surface area contributed by atoms with Gasteiger partial charge in [-0.3, -0.25) is 4.79 Å². The molecule has 1 aromatic heterocycles. The highest BCUT2D eigenvalue weighted by molar-refractivity contribution is 5.98. The van der Waals surface area contributed by atoms with E-state index >= 15 is 0 Å². The number of nitrogens with two attached hydrogens (primary N) is 1. The quantitative estimate of drug-likeness (QED) is 0.771. The van der Waals surface area contributed by atoms with Gasteiger partial charge in [0.15, 0.2) is 0 Å². The lowest BCUT2D eigenvalue weighted by molar-refractivity contribution is 0.0692. The zero-order chi connectivity index (χ0) is 13.4. The van der Waals surface area contributed by atoms with Gasteiger partial charge < -0.3 is 15.6 Å². The molecule has 100 valence electrons. The topological polar surface area (TPSA) is 62.1 Å². The van der Waals surface area contributed by atoms with Crippen molar-refractivity contribution in [1.82, 2.24) is 9.88 Å². The van der Waals surface area contributed by atoms with Gasteiger partial charge in [0.2, 0.25) is 0 Å². The molecule has 1 aliphatic heterocycles. The van der Waals surface area contributed by atoms with Gasteiger partial charge in [0.05, 0.1) is 0 Å². The Balaban J connectivity index is 1.85. The molecule has 1 aliphatic rings. The summed E-state index contributed by atoms with van der Waals surface area (Å²) < 4.78 is 0. The van der Waals surface area contributed by atoms with E-state index < -0.39 is 0 Å². The van der Waals surface area contributed by atoms with Crippen molar-refractivity contribution < 1.29 is 4.79 Å². The maximum Gasteiger partial charge on any atom is 0.270 e. The summed E-state index contributed by atoms with van der Waals surface area (Å²) in [4.78, 5) is 17.5. The first-order chi connectivity index (χ1) is 9.13. The standard InChI is InChI=1S/C15H19N3O/c1-10-4-6-18(7-5-10)15(19)14-9-11-8-12(16)2-3-13(11)17-14/h2-3,8-10,17H,4-7,16H2,1H3. The van der Waals surface area contributed by atoms with E-state index in [9.17, 15) is 4.79 Å². The van der Waals surface area contributed by atoms with Crippen molar-refractivity contribution in [1.29, 1.82) is 0 Å². The highest BCUT2D eigenvalue weighted by Crippen LogP contribution is 2.22. The molecule has 0 saturated carbocycles. The molecule has 0 unspecified atom stereocenters. The fourth-order valence-corrected chi connectivity index (χ4v) is 2.65. The molecule has 1 fully saturated rings. The Hall–Kier alpha value is -1.97. The molecule has 0 bridgehead atoms. The van der Waals surface area contributed by atoms with Gasteiger partial charge in [-0.2, -0.15) is 0 Å². The summed E-state index contributed by atoms with van der Waals surface area (Å²) in [6.45, 7) is 3.96. The van der Waals surface area contributed by atoms with Crippen molar-refractivity contribution >= 4 is 22.5 Å². The van der Waals surface area contributed by atoms with Gasteiger partial charge in [0, 0.05) is 29.7 Å². The number of amides is 1. The van der Waals surface area contributed by atoms with Crippen LogP contribution in [-0.4, -0.2) is 28.9 Å². The zero-order valence-electron chi connectivity index (χ0n) is 11.1. The molecule has 3 N–H and O–H groups in total. The maximum absolute atomic E-state index is 12.4. The predicted octanol–water partition coefficient (Wildman–Crippen LogP) is 2.62. The highest BCUT2D eigenvalue weighted by Gasteiger charge is 2.22. The predicted molar refractivity (Wildman–Crippen MR) is 77.0 cm³/mol. The Morgan fingerprint density at radius 2 is 2.05 bits per heavy atom. The monoisotopic (exact) mass is 257 g/mol. The van der Waals surface area contributed by atoms with Crippen LogP contribution < -0.4 is 5.73 Å². The van der Waals surface area contributed by atoms with E-state index in [0.29, 0.717) is 5.69 Å². The van der Waals surface area contributed by atoms with Crippen LogP contribution >= 0.6 is 0 Å². The van der Waals surface area contributed by atoms with Gasteiger partial charge in [0.1, 0.15) is 5.69 Å². The Morgan fingerprint density at radius 1 is 1.32 bits per heavy atom. The Morgan fingerprint density at radius 3 is 2.79 bits per heavy atom. The number of fused-ring (bicyclic) bond motifs is 1. The number of hydrogen-bond acceptors (Lipinski definition) is 2. The largest absolute Gasteiger partial charge is 0.399 e. The number of anilines is 1. The van der Waals surface area contributed by atoms with E-state index in [2.05, 4.69) is 11.9 Å². The van der Waals surface area contributed by atoms with Crippen LogP contribution in [0.1, 0.15) is 30.3 Å². The smallest absolute Gasteiger partial charge is 0.270 e. The third kappa shape index (κ3) is 2.30. The molecule has 3 rings (SSSR count). The molecule has 0 atom stereocenters. The summed E-state index contributed by atoms with van der Waals surface area (Å²) >= 11 is 0. The van der Waals surface area contributed by atoms with Gasteiger partial charge in [-0.1, -0.05) is 6.92 Å².